The predicted molar refractivity (Wildman–Crippen MR) is 63.4 cm³/mol. The van der Waals surface area contributed by atoms with Crippen molar-refractivity contribution < 1.29 is 0 Å². The highest BCUT2D eigenvalue weighted by molar-refractivity contribution is 4.72. The maximum absolute atomic E-state index is 5.76. The molecule has 2 saturated heterocycles. The first kappa shape index (κ1) is 11.4. The summed E-state index contributed by atoms with van der Waals surface area (Å²) in [5.41, 5.74) is 0. The molecule has 0 bridgehead atoms. The van der Waals surface area contributed by atoms with Crippen LogP contribution in [-0.2, 0) is 0 Å². The highest BCUT2D eigenvalue weighted by atomic mass is 15.4. The summed E-state index contributed by atoms with van der Waals surface area (Å²) in [5.74, 6) is 6.70. The molecule has 2 rings (SSSR count). The molecule has 0 amide bonds. The largest absolute Gasteiger partial charge is 0.303 e. The molecule has 0 atom stereocenters. The van der Waals surface area contributed by atoms with Crippen molar-refractivity contribution in [2.75, 3.05) is 32.7 Å². The molecule has 2 aliphatic heterocycles. The van der Waals surface area contributed by atoms with Crippen LogP contribution in [0.5, 0.6) is 0 Å². The molecule has 88 valence electrons. The molecular formula is C12H25N3. The number of piperidine rings is 2. The van der Waals surface area contributed by atoms with Gasteiger partial charge in [-0.05, 0) is 57.7 Å². The minimum Gasteiger partial charge on any atom is -0.303 e. The van der Waals surface area contributed by atoms with Crippen LogP contribution < -0.4 is 5.84 Å². The third-order valence-electron chi connectivity index (χ3n) is 3.95. The van der Waals surface area contributed by atoms with Crippen molar-refractivity contribution in [3.8, 4) is 0 Å². The number of nitrogens with zero attached hydrogens (tertiary/aromatic N) is 2. The number of hydrogen-bond acceptors (Lipinski definition) is 3. The fraction of sp³-hybridized carbons (Fsp3) is 1.00. The molecule has 2 heterocycles. The van der Waals surface area contributed by atoms with E-state index in [0.29, 0.717) is 0 Å². The summed E-state index contributed by atoms with van der Waals surface area (Å²) in [6, 6.07) is 0. The third-order valence-corrected chi connectivity index (χ3v) is 3.95. The topological polar surface area (TPSA) is 32.5 Å². The van der Waals surface area contributed by atoms with Crippen LogP contribution in [0.4, 0.5) is 0 Å². The maximum Gasteiger partial charge on any atom is 0.0131 e. The first-order chi connectivity index (χ1) is 7.34. The van der Waals surface area contributed by atoms with Gasteiger partial charge in [0.05, 0.1) is 0 Å². The zero-order chi connectivity index (χ0) is 10.5. The van der Waals surface area contributed by atoms with Gasteiger partial charge in [0.15, 0.2) is 0 Å². The Kier molecular flexibility index (Phi) is 4.42. The van der Waals surface area contributed by atoms with Gasteiger partial charge >= 0.3 is 0 Å². The minimum absolute atomic E-state index is 0.937. The fourth-order valence-electron chi connectivity index (χ4n) is 2.79. The molecule has 3 nitrogen and oxygen atoms in total. The zero-order valence-electron chi connectivity index (χ0n) is 9.83. The molecule has 0 unspecified atom stereocenters. The van der Waals surface area contributed by atoms with E-state index in [1.54, 1.807) is 0 Å². The predicted octanol–water partition coefficient (Wildman–Crippen LogP) is 1.45. The summed E-state index contributed by atoms with van der Waals surface area (Å²) in [7, 11) is 0. The highest BCUT2D eigenvalue weighted by Crippen LogP contribution is 2.20. The van der Waals surface area contributed by atoms with Gasteiger partial charge < -0.3 is 4.90 Å². The molecule has 0 radical (unpaired) electrons. The van der Waals surface area contributed by atoms with Crippen molar-refractivity contribution in [3.63, 3.8) is 0 Å². The van der Waals surface area contributed by atoms with Crippen molar-refractivity contribution in [2.24, 2.45) is 11.8 Å². The van der Waals surface area contributed by atoms with Crippen molar-refractivity contribution in [1.82, 2.24) is 9.91 Å². The Labute approximate surface area is 93.6 Å². The molecule has 15 heavy (non-hydrogen) atoms. The van der Waals surface area contributed by atoms with Crippen molar-refractivity contribution in [2.45, 2.75) is 38.5 Å². The van der Waals surface area contributed by atoms with E-state index < -0.39 is 0 Å². The van der Waals surface area contributed by atoms with E-state index in [0.717, 1.165) is 19.0 Å². The maximum atomic E-state index is 5.76. The van der Waals surface area contributed by atoms with Crippen LogP contribution in [0.3, 0.4) is 0 Å². The Balaban J connectivity index is 1.60. The number of rotatable bonds is 3. The first-order valence-corrected chi connectivity index (χ1v) is 6.56. The molecule has 2 fully saturated rings. The lowest BCUT2D eigenvalue weighted by atomic mass is 9.94. The average Bonchev–Trinajstić information content (AvgIpc) is 2.30. The van der Waals surface area contributed by atoms with Gasteiger partial charge in [-0.1, -0.05) is 6.42 Å². The highest BCUT2D eigenvalue weighted by Gasteiger charge is 2.18. The number of hydrazine groups is 1. The smallest absolute Gasteiger partial charge is 0.0131 e. The third kappa shape index (κ3) is 3.74. The molecule has 0 aromatic rings. The summed E-state index contributed by atoms with van der Waals surface area (Å²) >= 11 is 0. The molecule has 0 spiro atoms. The molecule has 0 aliphatic carbocycles. The molecule has 2 N–H and O–H groups in total. The Morgan fingerprint density at radius 2 is 1.60 bits per heavy atom. The molecule has 0 aromatic carbocycles. The lowest BCUT2D eigenvalue weighted by molar-refractivity contribution is 0.157. The standard InChI is InChI=1S/C12H25N3/c13-15-10-5-12(6-11-15)4-9-14-7-2-1-3-8-14/h12H,1-11,13H2. The van der Waals surface area contributed by atoms with Gasteiger partial charge in [0.25, 0.3) is 0 Å². The van der Waals surface area contributed by atoms with Crippen LogP contribution >= 0.6 is 0 Å². The molecule has 3 heteroatoms. The Morgan fingerprint density at radius 1 is 0.933 bits per heavy atom. The second kappa shape index (κ2) is 5.83. The van der Waals surface area contributed by atoms with Crippen molar-refractivity contribution in [1.29, 1.82) is 0 Å². The van der Waals surface area contributed by atoms with E-state index >= 15 is 0 Å². The normalized spacial score (nSPS) is 27.0. The second-order valence-electron chi connectivity index (χ2n) is 5.17. The summed E-state index contributed by atoms with van der Waals surface area (Å²) in [4.78, 5) is 2.65. The lowest BCUT2D eigenvalue weighted by Crippen LogP contribution is -2.40. The van der Waals surface area contributed by atoms with Gasteiger partial charge in [0.1, 0.15) is 0 Å². The van der Waals surface area contributed by atoms with Crippen LogP contribution in [0, 0.1) is 5.92 Å². The van der Waals surface area contributed by atoms with Crippen LogP contribution in [0.2, 0.25) is 0 Å². The van der Waals surface area contributed by atoms with Gasteiger partial charge in [0.2, 0.25) is 0 Å². The van der Waals surface area contributed by atoms with E-state index in [4.69, 9.17) is 5.84 Å². The minimum atomic E-state index is 0.937. The van der Waals surface area contributed by atoms with Crippen molar-refractivity contribution in [3.05, 3.63) is 0 Å². The number of nitrogens with two attached hydrogens (primary N) is 1. The van der Waals surface area contributed by atoms with Gasteiger partial charge in [-0.2, -0.15) is 0 Å². The Hall–Kier alpha value is -0.120. The molecule has 0 aromatic heterocycles. The molecule has 2 aliphatic rings. The van der Waals surface area contributed by atoms with Crippen molar-refractivity contribution >= 4 is 0 Å². The fourth-order valence-corrected chi connectivity index (χ4v) is 2.79. The molecule has 0 saturated carbocycles. The van der Waals surface area contributed by atoms with E-state index in [-0.39, 0.29) is 0 Å². The van der Waals surface area contributed by atoms with Crippen LogP contribution in [0.25, 0.3) is 0 Å². The van der Waals surface area contributed by atoms with E-state index in [1.807, 2.05) is 5.01 Å². The Morgan fingerprint density at radius 3 is 2.27 bits per heavy atom. The summed E-state index contributed by atoms with van der Waals surface area (Å²) in [6.45, 7) is 6.22. The van der Waals surface area contributed by atoms with Gasteiger partial charge in [-0.25, -0.2) is 5.01 Å². The number of likely N-dealkylation sites (tertiary alicyclic amines) is 1. The van der Waals surface area contributed by atoms with Crippen LogP contribution in [0.1, 0.15) is 38.5 Å². The average molecular weight is 211 g/mol. The van der Waals surface area contributed by atoms with Gasteiger partial charge in [-0.3, -0.25) is 5.84 Å². The summed E-state index contributed by atoms with van der Waals surface area (Å²) < 4.78 is 0. The van der Waals surface area contributed by atoms with E-state index in [1.165, 1.54) is 58.2 Å². The Bertz CT molecular complexity index is 170. The quantitative estimate of drug-likeness (QED) is 0.717. The summed E-state index contributed by atoms with van der Waals surface area (Å²) in [6.07, 6.45) is 8.30. The van der Waals surface area contributed by atoms with Gasteiger partial charge in [0, 0.05) is 13.1 Å². The van der Waals surface area contributed by atoms with Crippen LogP contribution in [0.15, 0.2) is 0 Å². The molecular weight excluding hydrogens is 186 g/mol. The van der Waals surface area contributed by atoms with E-state index in [9.17, 15) is 0 Å². The summed E-state index contributed by atoms with van der Waals surface area (Å²) in [5, 5.41) is 1.97. The first-order valence-electron chi connectivity index (χ1n) is 6.56. The van der Waals surface area contributed by atoms with Gasteiger partial charge in [-0.15, -0.1) is 0 Å². The zero-order valence-corrected chi connectivity index (χ0v) is 9.83. The number of hydrogen-bond donors (Lipinski definition) is 1. The monoisotopic (exact) mass is 211 g/mol. The lowest BCUT2D eigenvalue weighted by Gasteiger charge is -2.31. The van der Waals surface area contributed by atoms with E-state index in [2.05, 4.69) is 4.90 Å². The second-order valence-corrected chi connectivity index (χ2v) is 5.17. The van der Waals surface area contributed by atoms with Crippen LogP contribution in [-0.4, -0.2) is 42.6 Å². The SMILES string of the molecule is NN1CCC(CCN2CCCCC2)CC1.